The van der Waals surface area contributed by atoms with Gasteiger partial charge in [0, 0.05) is 11.8 Å². The molecule has 0 aromatic heterocycles. The second-order valence-electron chi connectivity index (χ2n) is 5.25. The number of benzene rings is 1. The summed E-state index contributed by atoms with van der Waals surface area (Å²) in [6, 6.07) is 7.06. The van der Waals surface area contributed by atoms with Crippen LogP contribution in [0.5, 0.6) is 0 Å². The van der Waals surface area contributed by atoms with Crippen LogP contribution in [0.1, 0.15) is 15.9 Å². The summed E-state index contributed by atoms with van der Waals surface area (Å²) in [5.74, 6) is -1.37. The predicted octanol–water partition coefficient (Wildman–Crippen LogP) is -0.0609. The Morgan fingerprint density at radius 1 is 1.35 bits per heavy atom. The lowest BCUT2D eigenvalue weighted by Gasteiger charge is -2.46. The predicted molar refractivity (Wildman–Crippen MR) is 69.8 cm³/mol. The summed E-state index contributed by atoms with van der Waals surface area (Å²) in [7, 11) is -3.35. The minimum absolute atomic E-state index is 0.212. The second-order valence-corrected chi connectivity index (χ2v) is 7.39. The number of esters is 1. The molecule has 1 amide bonds. The zero-order valence-corrected chi connectivity index (χ0v) is 11.6. The number of sulfone groups is 1. The third-order valence-corrected chi connectivity index (χ3v) is 4.33. The highest BCUT2D eigenvalue weighted by molar-refractivity contribution is 7.91. The molecule has 3 rings (SSSR count). The van der Waals surface area contributed by atoms with Crippen LogP contribution in [0.25, 0.3) is 0 Å². The van der Waals surface area contributed by atoms with Crippen LogP contribution in [0.15, 0.2) is 24.3 Å². The molecule has 7 heteroatoms. The van der Waals surface area contributed by atoms with E-state index in [4.69, 9.17) is 4.74 Å². The molecule has 1 fully saturated rings. The van der Waals surface area contributed by atoms with E-state index in [-0.39, 0.29) is 13.1 Å². The zero-order valence-electron chi connectivity index (χ0n) is 10.8. The van der Waals surface area contributed by atoms with Crippen LogP contribution in [-0.4, -0.2) is 50.3 Å². The normalized spacial score (nSPS) is 19.4. The molecule has 0 atom stereocenters. The van der Waals surface area contributed by atoms with Gasteiger partial charge >= 0.3 is 5.97 Å². The summed E-state index contributed by atoms with van der Waals surface area (Å²) < 4.78 is 27.6. The van der Waals surface area contributed by atoms with Gasteiger partial charge in [-0.3, -0.25) is 4.79 Å². The molecule has 0 N–H and O–H groups in total. The van der Waals surface area contributed by atoms with E-state index in [0.717, 1.165) is 11.8 Å². The molecule has 1 spiro atoms. The Morgan fingerprint density at radius 3 is 2.65 bits per heavy atom. The Morgan fingerprint density at radius 2 is 2.00 bits per heavy atom. The fourth-order valence-electron chi connectivity index (χ4n) is 2.64. The maximum absolute atomic E-state index is 11.8. The first-order valence-corrected chi connectivity index (χ1v) is 8.15. The average molecular weight is 295 g/mol. The number of fused-ring (bicyclic) bond motifs is 2. The molecular formula is C13H13NO5S. The smallest absolute Gasteiger partial charge is 0.339 e. The Bertz CT molecular complexity index is 703. The summed E-state index contributed by atoms with van der Waals surface area (Å²) in [4.78, 5) is 24.9. The van der Waals surface area contributed by atoms with Gasteiger partial charge in [-0.05, 0) is 6.07 Å². The van der Waals surface area contributed by atoms with E-state index in [2.05, 4.69) is 0 Å². The molecule has 6 nitrogen and oxygen atoms in total. The highest BCUT2D eigenvalue weighted by atomic mass is 32.2. The molecule has 1 aromatic carbocycles. The monoisotopic (exact) mass is 295 g/mol. The van der Waals surface area contributed by atoms with Gasteiger partial charge in [0.25, 0.3) is 0 Å². The highest BCUT2D eigenvalue weighted by Gasteiger charge is 2.55. The topological polar surface area (TPSA) is 80.8 Å². The van der Waals surface area contributed by atoms with Gasteiger partial charge in [0.1, 0.15) is 5.75 Å². The van der Waals surface area contributed by atoms with Crippen molar-refractivity contribution < 1.29 is 22.7 Å². The summed E-state index contributed by atoms with van der Waals surface area (Å²) in [5, 5.41) is 0. The lowest BCUT2D eigenvalue weighted by Crippen LogP contribution is -2.62. The molecular weight excluding hydrogens is 282 g/mol. The number of amides is 1. The largest absolute Gasteiger partial charge is 0.447 e. The molecule has 0 bridgehead atoms. The number of likely N-dealkylation sites (tertiary alicyclic amines) is 1. The summed E-state index contributed by atoms with van der Waals surface area (Å²) >= 11 is 0. The number of carbonyl (C=O) groups is 2. The van der Waals surface area contributed by atoms with Gasteiger partial charge in [-0.2, -0.15) is 0 Å². The lowest BCUT2D eigenvalue weighted by molar-refractivity contribution is -0.153. The van der Waals surface area contributed by atoms with Crippen LogP contribution in [0, 0.1) is 0 Å². The first-order valence-electron chi connectivity index (χ1n) is 6.09. The van der Waals surface area contributed by atoms with E-state index in [1.165, 1.54) is 4.90 Å². The Kier molecular flexibility index (Phi) is 2.66. The fraction of sp³-hybridized carbons (Fsp3) is 0.385. The Labute approximate surface area is 116 Å². The number of carbonyl (C=O) groups excluding carboxylic acids is 2. The minimum Gasteiger partial charge on any atom is -0.447 e. The van der Waals surface area contributed by atoms with E-state index >= 15 is 0 Å². The lowest BCUT2D eigenvalue weighted by atomic mass is 9.85. The third-order valence-electron chi connectivity index (χ3n) is 3.56. The number of ether oxygens (including phenoxy) is 1. The van der Waals surface area contributed by atoms with Crippen LogP contribution in [0.2, 0.25) is 0 Å². The highest BCUT2D eigenvalue weighted by Crippen LogP contribution is 2.43. The third kappa shape index (κ3) is 1.98. The number of nitrogens with zero attached hydrogens (tertiary/aromatic N) is 1. The number of hydrogen-bond donors (Lipinski definition) is 0. The summed E-state index contributed by atoms with van der Waals surface area (Å²) in [6.07, 6.45) is 1.02. The van der Waals surface area contributed by atoms with Gasteiger partial charge in [0.2, 0.25) is 5.91 Å². The van der Waals surface area contributed by atoms with Crippen LogP contribution in [0.4, 0.5) is 0 Å². The van der Waals surface area contributed by atoms with E-state index < -0.39 is 33.1 Å². The number of rotatable bonds is 2. The van der Waals surface area contributed by atoms with Crippen molar-refractivity contribution in [3.63, 3.8) is 0 Å². The van der Waals surface area contributed by atoms with Gasteiger partial charge < -0.3 is 9.64 Å². The van der Waals surface area contributed by atoms with Crippen molar-refractivity contribution in [1.29, 1.82) is 0 Å². The molecule has 106 valence electrons. The molecule has 20 heavy (non-hydrogen) atoms. The van der Waals surface area contributed by atoms with Crippen molar-refractivity contribution in [2.45, 2.75) is 5.60 Å². The van der Waals surface area contributed by atoms with Crippen molar-refractivity contribution in [2.24, 2.45) is 0 Å². The molecule has 2 heterocycles. The Balaban J connectivity index is 1.78. The van der Waals surface area contributed by atoms with Crippen LogP contribution >= 0.6 is 0 Å². The molecule has 0 unspecified atom stereocenters. The van der Waals surface area contributed by atoms with Gasteiger partial charge in [0.05, 0.1) is 18.7 Å². The molecule has 1 saturated heterocycles. The average Bonchev–Trinajstić information content (AvgIpc) is 2.59. The van der Waals surface area contributed by atoms with Crippen LogP contribution in [-0.2, 0) is 25.0 Å². The molecule has 0 aliphatic carbocycles. The van der Waals surface area contributed by atoms with Crippen LogP contribution < -0.4 is 0 Å². The van der Waals surface area contributed by atoms with Gasteiger partial charge in [-0.1, -0.05) is 18.2 Å². The first kappa shape index (κ1) is 13.1. The molecule has 0 radical (unpaired) electrons. The maximum Gasteiger partial charge on any atom is 0.339 e. The standard InChI is InChI=1S/C13H13NO5S/c1-20(17,18)6-11(15)14-7-13(8-14)10-5-3-2-4-9(10)12(16)19-13/h2-5H,6-8H2,1H3. The van der Waals surface area contributed by atoms with Crippen molar-refractivity contribution in [3.05, 3.63) is 35.4 Å². The first-order chi connectivity index (χ1) is 9.31. The van der Waals surface area contributed by atoms with Crippen molar-refractivity contribution in [2.75, 3.05) is 25.1 Å². The second kappa shape index (κ2) is 4.05. The van der Waals surface area contributed by atoms with E-state index in [1.807, 2.05) is 6.07 Å². The fourth-order valence-corrected chi connectivity index (χ4v) is 3.27. The van der Waals surface area contributed by atoms with E-state index in [1.54, 1.807) is 18.2 Å². The van der Waals surface area contributed by atoms with Gasteiger partial charge in [0.15, 0.2) is 15.4 Å². The summed E-state index contributed by atoms with van der Waals surface area (Å²) in [5.41, 5.74) is 0.497. The maximum atomic E-state index is 11.8. The van der Waals surface area contributed by atoms with Crippen molar-refractivity contribution in [1.82, 2.24) is 4.90 Å². The van der Waals surface area contributed by atoms with E-state index in [0.29, 0.717) is 5.56 Å². The number of hydrogen-bond acceptors (Lipinski definition) is 5. The molecule has 1 aromatic rings. The van der Waals surface area contributed by atoms with Crippen molar-refractivity contribution >= 4 is 21.7 Å². The SMILES string of the molecule is CS(=O)(=O)CC(=O)N1CC2(C1)OC(=O)c1ccccc12. The van der Waals surface area contributed by atoms with Gasteiger partial charge in [-0.15, -0.1) is 0 Å². The summed E-state index contributed by atoms with van der Waals surface area (Å²) in [6.45, 7) is 0.425. The van der Waals surface area contributed by atoms with E-state index in [9.17, 15) is 18.0 Å². The molecule has 2 aliphatic heterocycles. The Hall–Kier alpha value is -1.89. The molecule has 0 saturated carbocycles. The molecule has 2 aliphatic rings. The quantitative estimate of drug-likeness (QED) is 0.714. The van der Waals surface area contributed by atoms with Crippen molar-refractivity contribution in [3.8, 4) is 0 Å². The van der Waals surface area contributed by atoms with Gasteiger partial charge in [-0.25, -0.2) is 13.2 Å². The van der Waals surface area contributed by atoms with Crippen LogP contribution in [0.3, 0.4) is 0 Å². The zero-order chi connectivity index (χ0) is 14.5. The minimum atomic E-state index is -3.35.